The molecule has 0 unspecified atom stereocenters. The molecule has 0 radical (unpaired) electrons. The number of aliphatic carboxylic acids is 1. The van der Waals surface area contributed by atoms with Crippen molar-refractivity contribution < 1.29 is 41.0 Å². The van der Waals surface area contributed by atoms with E-state index in [1.807, 2.05) is 0 Å². The quantitative estimate of drug-likeness (QED) is 0.484. The van der Waals surface area contributed by atoms with Crippen LogP contribution in [0.2, 0.25) is 0 Å². The summed E-state index contributed by atoms with van der Waals surface area (Å²) in [5.74, 6) is -0.451. The Morgan fingerprint density at radius 3 is 2.64 bits per heavy atom. The van der Waals surface area contributed by atoms with Crippen LogP contribution in [-0.2, 0) is 21.0 Å². The lowest BCUT2D eigenvalue weighted by Crippen LogP contribution is -2.43. The van der Waals surface area contributed by atoms with E-state index in [1.165, 1.54) is 25.4 Å². The first-order valence-corrected chi connectivity index (χ1v) is 12.1. The van der Waals surface area contributed by atoms with Crippen LogP contribution in [0.5, 0.6) is 11.5 Å². The zero-order valence-corrected chi connectivity index (χ0v) is 19.7. The third-order valence-electron chi connectivity index (χ3n) is 5.60. The average Bonchev–Trinajstić information content (AvgIpc) is 2.86. The highest BCUT2D eigenvalue weighted by atomic mass is 32.2. The maximum Gasteiger partial charge on any atom is 0.416 e. The Morgan fingerprint density at radius 2 is 1.94 bits per heavy atom. The molecule has 1 aliphatic heterocycles. The minimum atomic E-state index is -4.73. The van der Waals surface area contributed by atoms with Gasteiger partial charge in [0.15, 0.2) is 0 Å². The van der Waals surface area contributed by atoms with E-state index >= 15 is 0 Å². The first-order valence-electron chi connectivity index (χ1n) is 10.7. The van der Waals surface area contributed by atoms with Crippen LogP contribution in [0.3, 0.4) is 0 Å². The second-order valence-electron chi connectivity index (χ2n) is 8.03. The van der Waals surface area contributed by atoms with Crippen LogP contribution in [0.1, 0.15) is 18.4 Å². The molecule has 0 spiro atoms. The van der Waals surface area contributed by atoms with Crippen LogP contribution in [0.15, 0.2) is 65.8 Å². The Kier molecular flexibility index (Phi) is 6.81. The van der Waals surface area contributed by atoms with Crippen LogP contribution < -0.4 is 13.8 Å². The molecule has 36 heavy (non-hydrogen) atoms. The summed E-state index contributed by atoms with van der Waals surface area (Å²) in [5, 5.41) is 9.05. The zero-order valence-electron chi connectivity index (χ0n) is 18.9. The topological polar surface area (TPSA) is 106 Å². The van der Waals surface area contributed by atoms with E-state index < -0.39 is 38.7 Å². The van der Waals surface area contributed by atoms with Crippen LogP contribution >= 0.6 is 0 Å². The standard InChI is InChI=1S/C24H21F3N2O6S/c1-34-19-9-16(12-28-13-19)15-5-7-22-21(10-15)29(14-18(35-22)6-8-23(30)31)36(32,33)20-4-2-3-17(11-20)24(25,26)27/h2-5,7,9-13,18H,6,8,14H2,1H3,(H,30,31)/t18-/m0/s1. The number of ether oxygens (including phenoxy) is 2. The van der Waals surface area contributed by atoms with Gasteiger partial charge in [0.1, 0.15) is 17.6 Å². The highest BCUT2D eigenvalue weighted by Gasteiger charge is 2.37. The molecule has 2 heterocycles. The number of rotatable bonds is 7. The van der Waals surface area contributed by atoms with Gasteiger partial charge in [0.2, 0.25) is 0 Å². The number of nitrogens with zero attached hydrogens (tertiary/aromatic N) is 2. The largest absolute Gasteiger partial charge is 0.495 e. The lowest BCUT2D eigenvalue weighted by atomic mass is 10.0. The molecule has 0 amide bonds. The molecule has 1 aliphatic rings. The number of carboxylic acids is 1. The van der Waals surface area contributed by atoms with E-state index in [-0.39, 0.29) is 30.8 Å². The normalized spacial score (nSPS) is 15.7. The summed E-state index contributed by atoms with van der Waals surface area (Å²) < 4.78 is 79.1. The fourth-order valence-electron chi connectivity index (χ4n) is 3.80. The number of methoxy groups -OCH3 is 1. The van der Waals surface area contributed by atoms with E-state index in [1.54, 1.807) is 18.3 Å². The average molecular weight is 523 g/mol. The van der Waals surface area contributed by atoms with E-state index in [4.69, 9.17) is 14.6 Å². The first kappa shape index (κ1) is 25.3. The summed E-state index contributed by atoms with van der Waals surface area (Å²) in [4.78, 5) is 14.6. The number of hydrogen-bond donors (Lipinski definition) is 1. The van der Waals surface area contributed by atoms with Gasteiger partial charge in [0.25, 0.3) is 10.0 Å². The van der Waals surface area contributed by atoms with Crippen LogP contribution in [0.4, 0.5) is 18.9 Å². The van der Waals surface area contributed by atoms with Crippen molar-refractivity contribution in [1.29, 1.82) is 0 Å². The van der Waals surface area contributed by atoms with Crippen molar-refractivity contribution in [3.63, 3.8) is 0 Å². The number of sulfonamides is 1. The minimum absolute atomic E-state index is 0.00490. The minimum Gasteiger partial charge on any atom is -0.495 e. The number of alkyl halides is 3. The number of carboxylic acid groups (broad SMARTS) is 1. The third-order valence-corrected chi connectivity index (χ3v) is 7.38. The molecule has 190 valence electrons. The SMILES string of the molecule is COc1cncc(-c2ccc3c(c2)N(S(=O)(=O)c2cccc(C(F)(F)F)c2)C[C@H](CCC(=O)O)O3)c1. The maximum absolute atomic E-state index is 13.6. The molecule has 4 rings (SSSR count). The van der Waals surface area contributed by atoms with Gasteiger partial charge in [-0.05, 0) is 48.4 Å². The van der Waals surface area contributed by atoms with Gasteiger partial charge in [-0.1, -0.05) is 12.1 Å². The summed E-state index contributed by atoms with van der Waals surface area (Å²) in [5.41, 5.74) is 0.188. The summed E-state index contributed by atoms with van der Waals surface area (Å²) >= 11 is 0. The summed E-state index contributed by atoms with van der Waals surface area (Å²) in [6, 6.07) is 9.90. The summed E-state index contributed by atoms with van der Waals surface area (Å²) in [6.45, 7) is -0.279. The molecule has 0 aliphatic carbocycles. The van der Waals surface area contributed by atoms with Crippen molar-refractivity contribution in [2.45, 2.75) is 30.0 Å². The summed E-state index contributed by atoms with van der Waals surface area (Å²) in [7, 11) is -3.00. The number of aromatic nitrogens is 1. The maximum atomic E-state index is 13.6. The fraction of sp³-hybridized carbons (Fsp3) is 0.250. The Bertz CT molecular complexity index is 1390. The summed E-state index contributed by atoms with van der Waals surface area (Å²) in [6.07, 6.45) is -2.77. The Labute approximate surface area is 205 Å². The van der Waals surface area contributed by atoms with E-state index in [2.05, 4.69) is 4.98 Å². The lowest BCUT2D eigenvalue weighted by molar-refractivity contribution is -0.138. The molecule has 1 N–H and O–H groups in total. The van der Waals surface area contributed by atoms with Gasteiger partial charge >= 0.3 is 12.1 Å². The smallest absolute Gasteiger partial charge is 0.416 e. The van der Waals surface area contributed by atoms with E-state index in [0.29, 0.717) is 22.9 Å². The monoisotopic (exact) mass is 522 g/mol. The fourth-order valence-corrected chi connectivity index (χ4v) is 5.35. The number of hydrogen-bond acceptors (Lipinski definition) is 6. The van der Waals surface area contributed by atoms with Crippen LogP contribution in [0.25, 0.3) is 11.1 Å². The van der Waals surface area contributed by atoms with Gasteiger partial charge in [-0.15, -0.1) is 0 Å². The predicted molar refractivity (Wildman–Crippen MR) is 123 cm³/mol. The zero-order chi connectivity index (χ0) is 26.1. The van der Waals surface area contributed by atoms with E-state index in [9.17, 15) is 26.4 Å². The van der Waals surface area contributed by atoms with Crippen LogP contribution in [0, 0.1) is 0 Å². The molecule has 1 atom stereocenters. The number of anilines is 1. The molecular formula is C24H21F3N2O6S. The predicted octanol–water partition coefficient (Wildman–Crippen LogP) is 4.60. The Hall–Kier alpha value is -3.80. The number of fused-ring (bicyclic) bond motifs is 1. The molecule has 8 nitrogen and oxygen atoms in total. The van der Waals surface area contributed by atoms with Gasteiger partial charge in [0, 0.05) is 18.2 Å². The molecule has 0 fully saturated rings. The highest BCUT2D eigenvalue weighted by molar-refractivity contribution is 7.92. The molecule has 0 saturated heterocycles. The van der Waals surface area contributed by atoms with Gasteiger partial charge < -0.3 is 14.6 Å². The number of pyridine rings is 1. The van der Waals surface area contributed by atoms with Crippen molar-refractivity contribution in [2.24, 2.45) is 0 Å². The molecule has 0 bridgehead atoms. The Morgan fingerprint density at radius 1 is 1.17 bits per heavy atom. The molecule has 0 saturated carbocycles. The van der Waals surface area contributed by atoms with Crippen molar-refractivity contribution in [2.75, 3.05) is 18.0 Å². The number of halogens is 3. The second kappa shape index (κ2) is 9.69. The van der Waals surface area contributed by atoms with Crippen molar-refractivity contribution in [3.8, 4) is 22.6 Å². The molecular weight excluding hydrogens is 501 g/mol. The second-order valence-corrected chi connectivity index (χ2v) is 9.89. The van der Waals surface area contributed by atoms with Crippen molar-refractivity contribution >= 4 is 21.7 Å². The van der Waals surface area contributed by atoms with Gasteiger partial charge in [0.05, 0.1) is 36.0 Å². The van der Waals surface area contributed by atoms with Gasteiger partial charge in [-0.2, -0.15) is 13.2 Å². The van der Waals surface area contributed by atoms with E-state index in [0.717, 1.165) is 22.5 Å². The Balaban J connectivity index is 1.81. The highest BCUT2D eigenvalue weighted by Crippen LogP contribution is 2.41. The molecule has 12 heteroatoms. The van der Waals surface area contributed by atoms with Gasteiger partial charge in [-0.25, -0.2) is 8.42 Å². The van der Waals surface area contributed by atoms with Gasteiger partial charge in [-0.3, -0.25) is 14.1 Å². The third kappa shape index (κ3) is 5.23. The molecule has 1 aromatic heterocycles. The number of benzene rings is 2. The van der Waals surface area contributed by atoms with Crippen molar-refractivity contribution in [1.82, 2.24) is 4.98 Å². The molecule has 3 aromatic rings. The first-order chi connectivity index (χ1) is 17.0. The lowest BCUT2D eigenvalue weighted by Gasteiger charge is -2.35. The number of carbonyl (C=O) groups is 1. The van der Waals surface area contributed by atoms with Crippen LogP contribution in [-0.4, -0.2) is 44.2 Å². The molecule has 2 aromatic carbocycles. The van der Waals surface area contributed by atoms with Crippen molar-refractivity contribution in [3.05, 3.63) is 66.5 Å².